The van der Waals surface area contributed by atoms with Crippen LogP contribution in [0.4, 0.5) is 0 Å². The summed E-state index contributed by atoms with van der Waals surface area (Å²) < 4.78 is 6.43. The SMILES string of the molecule is CCOC(=O)c1cnn(-c2ncccn2)c1C. The number of rotatable bonds is 3. The van der Waals surface area contributed by atoms with E-state index < -0.39 is 0 Å². The fourth-order valence-corrected chi connectivity index (χ4v) is 1.42. The van der Waals surface area contributed by atoms with Gasteiger partial charge >= 0.3 is 5.97 Å². The number of ether oxygens (including phenoxy) is 1. The summed E-state index contributed by atoms with van der Waals surface area (Å²) in [6, 6.07) is 1.72. The zero-order valence-electron chi connectivity index (χ0n) is 9.62. The second-order valence-electron chi connectivity index (χ2n) is 3.32. The van der Waals surface area contributed by atoms with E-state index in [2.05, 4.69) is 15.1 Å². The normalized spacial score (nSPS) is 10.2. The maximum absolute atomic E-state index is 11.6. The first-order valence-corrected chi connectivity index (χ1v) is 5.23. The molecule has 0 spiro atoms. The summed E-state index contributed by atoms with van der Waals surface area (Å²) >= 11 is 0. The molecule has 6 nitrogen and oxygen atoms in total. The molecular formula is C11H12N4O2. The molecular weight excluding hydrogens is 220 g/mol. The van der Waals surface area contributed by atoms with Gasteiger partial charge in [-0.25, -0.2) is 19.4 Å². The molecule has 0 N–H and O–H groups in total. The molecule has 0 aliphatic rings. The smallest absolute Gasteiger partial charge is 0.341 e. The van der Waals surface area contributed by atoms with Gasteiger partial charge < -0.3 is 4.74 Å². The van der Waals surface area contributed by atoms with Crippen molar-refractivity contribution in [2.75, 3.05) is 6.61 Å². The third kappa shape index (κ3) is 2.15. The van der Waals surface area contributed by atoms with Crippen LogP contribution in [-0.4, -0.2) is 32.3 Å². The molecule has 2 heterocycles. The summed E-state index contributed by atoms with van der Waals surface area (Å²) in [7, 11) is 0. The van der Waals surface area contributed by atoms with Crippen LogP contribution in [0.25, 0.3) is 5.95 Å². The van der Waals surface area contributed by atoms with Crippen LogP contribution >= 0.6 is 0 Å². The molecule has 0 unspecified atom stereocenters. The predicted octanol–water partition coefficient (Wildman–Crippen LogP) is 1.15. The zero-order valence-corrected chi connectivity index (χ0v) is 9.62. The second kappa shape index (κ2) is 4.73. The molecule has 0 saturated carbocycles. The highest BCUT2D eigenvalue weighted by molar-refractivity contribution is 5.90. The number of aromatic nitrogens is 4. The lowest BCUT2D eigenvalue weighted by atomic mass is 10.3. The topological polar surface area (TPSA) is 69.9 Å². The Kier molecular flexibility index (Phi) is 3.13. The van der Waals surface area contributed by atoms with Gasteiger partial charge in [-0.05, 0) is 19.9 Å². The van der Waals surface area contributed by atoms with Crippen LogP contribution in [0.5, 0.6) is 0 Å². The van der Waals surface area contributed by atoms with Crippen molar-refractivity contribution in [1.82, 2.24) is 19.7 Å². The summed E-state index contributed by atoms with van der Waals surface area (Å²) in [5.74, 6) is 0.0488. The average molecular weight is 232 g/mol. The Hall–Kier alpha value is -2.24. The van der Waals surface area contributed by atoms with Crippen LogP contribution in [0.2, 0.25) is 0 Å². The van der Waals surface area contributed by atoms with Gasteiger partial charge in [0.15, 0.2) is 0 Å². The van der Waals surface area contributed by atoms with Crippen molar-refractivity contribution in [3.05, 3.63) is 35.9 Å². The summed E-state index contributed by atoms with van der Waals surface area (Å²) in [6.07, 6.45) is 4.70. The molecule has 0 aromatic carbocycles. The molecule has 0 radical (unpaired) electrons. The molecule has 0 bridgehead atoms. The number of carbonyl (C=O) groups excluding carboxylic acids is 1. The molecule has 17 heavy (non-hydrogen) atoms. The minimum Gasteiger partial charge on any atom is -0.462 e. The molecule has 6 heteroatoms. The summed E-state index contributed by atoms with van der Waals surface area (Å²) in [5, 5.41) is 4.08. The van der Waals surface area contributed by atoms with E-state index >= 15 is 0 Å². The van der Waals surface area contributed by atoms with E-state index in [1.54, 1.807) is 32.3 Å². The van der Waals surface area contributed by atoms with Gasteiger partial charge in [0.1, 0.15) is 5.56 Å². The van der Waals surface area contributed by atoms with Gasteiger partial charge in [0, 0.05) is 12.4 Å². The Labute approximate surface area is 98.3 Å². The van der Waals surface area contributed by atoms with Crippen LogP contribution in [0.3, 0.4) is 0 Å². The number of carbonyl (C=O) groups is 1. The van der Waals surface area contributed by atoms with Crippen LogP contribution < -0.4 is 0 Å². The van der Waals surface area contributed by atoms with E-state index in [1.165, 1.54) is 10.9 Å². The van der Waals surface area contributed by atoms with Crippen LogP contribution in [-0.2, 0) is 4.74 Å². The quantitative estimate of drug-likeness (QED) is 0.742. The van der Waals surface area contributed by atoms with E-state index in [-0.39, 0.29) is 5.97 Å². The Morgan fingerprint density at radius 1 is 1.41 bits per heavy atom. The van der Waals surface area contributed by atoms with Crippen molar-refractivity contribution in [2.45, 2.75) is 13.8 Å². The van der Waals surface area contributed by atoms with Crippen molar-refractivity contribution in [2.24, 2.45) is 0 Å². The van der Waals surface area contributed by atoms with Gasteiger partial charge in [-0.15, -0.1) is 0 Å². The van der Waals surface area contributed by atoms with Crippen LogP contribution in [0.15, 0.2) is 24.7 Å². The van der Waals surface area contributed by atoms with E-state index in [1.807, 2.05) is 0 Å². The van der Waals surface area contributed by atoms with Gasteiger partial charge in [-0.3, -0.25) is 0 Å². The van der Waals surface area contributed by atoms with Gasteiger partial charge in [-0.2, -0.15) is 5.10 Å². The molecule has 2 aromatic rings. The Balaban J connectivity index is 2.37. The van der Waals surface area contributed by atoms with Gasteiger partial charge in [0.2, 0.25) is 0 Å². The van der Waals surface area contributed by atoms with Crippen LogP contribution in [0.1, 0.15) is 23.0 Å². The first kappa shape index (κ1) is 11.3. The van der Waals surface area contributed by atoms with Gasteiger partial charge in [0.05, 0.1) is 18.5 Å². The van der Waals surface area contributed by atoms with E-state index in [0.717, 1.165) is 0 Å². The Morgan fingerprint density at radius 3 is 2.76 bits per heavy atom. The fraction of sp³-hybridized carbons (Fsp3) is 0.273. The van der Waals surface area contributed by atoms with E-state index in [4.69, 9.17) is 4.74 Å². The summed E-state index contributed by atoms with van der Waals surface area (Å²) in [5.41, 5.74) is 1.09. The summed E-state index contributed by atoms with van der Waals surface area (Å²) in [6.45, 7) is 3.87. The molecule has 0 saturated heterocycles. The first-order valence-electron chi connectivity index (χ1n) is 5.23. The largest absolute Gasteiger partial charge is 0.462 e. The highest BCUT2D eigenvalue weighted by atomic mass is 16.5. The second-order valence-corrected chi connectivity index (χ2v) is 3.32. The molecule has 0 atom stereocenters. The number of hydrogen-bond donors (Lipinski definition) is 0. The number of nitrogens with zero attached hydrogens (tertiary/aromatic N) is 4. The lowest BCUT2D eigenvalue weighted by Crippen LogP contribution is -2.08. The lowest BCUT2D eigenvalue weighted by Gasteiger charge is -2.02. The molecule has 0 aliphatic heterocycles. The third-order valence-corrected chi connectivity index (χ3v) is 2.25. The standard InChI is InChI=1S/C11H12N4O2/c1-3-17-10(16)9-7-14-15(8(9)2)11-12-5-4-6-13-11/h4-7H,3H2,1-2H3. The van der Waals surface area contributed by atoms with E-state index in [0.29, 0.717) is 23.8 Å². The molecule has 2 rings (SSSR count). The molecule has 2 aromatic heterocycles. The molecule has 0 fully saturated rings. The lowest BCUT2D eigenvalue weighted by molar-refractivity contribution is 0.0525. The zero-order chi connectivity index (χ0) is 12.3. The van der Waals surface area contributed by atoms with Crippen molar-refractivity contribution in [3.8, 4) is 5.95 Å². The molecule has 0 amide bonds. The Morgan fingerprint density at radius 2 is 2.12 bits per heavy atom. The van der Waals surface area contributed by atoms with Gasteiger partial charge in [-0.1, -0.05) is 0 Å². The van der Waals surface area contributed by atoms with Crippen molar-refractivity contribution < 1.29 is 9.53 Å². The average Bonchev–Trinajstić information content (AvgIpc) is 2.72. The summed E-state index contributed by atoms with van der Waals surface area (Å²) in [4.78, 5) is 19.7. The molecule has 88 valence electrons. The maximum atomic E-state index is 11.6. The minimum atomic E-state index is -0.382. The van der Waals surface area contributed by atoms with E-state index in [9.17, 15) is 4.79 Å². The number of esters is 1. The van der Waals surface area contributed by atoms with Gasteiger partial charge in [0.25, 0.3) is 5.95 Å². The van der Waals surface area contributed by atoms with Crippen LogP contribution in [0, 0.1) is 6.92 Å². The number of hydrogen-bond acceptors (Lipinski definition) is 5. The maximum Gasteiger partial charge on any atom is 0.341 e. The first-order chi connectivity index (χ1) is 8.24. The highest BCUT2D eigenvalue weighted by Gasteiger charge is 2.16. The monoisotopic (exact) mass is 232 g/mol. The van der Waals surface area contributed by atoms with Crippen molar-refractivity contribution >= 4 is 5.97 Å². The minimum absolute atomic E-state index is 0.339. The predicted molar refractivity (Wildman–Crippen MR) is 59.8 cm³/mol. The Bertz CT molecular complexity index is 522. The van der Waals surface area contributed by atoms with Crippen molar-refractivity contribution in [1.29, 1.82) is 0 Å². The highest BCUT2D eigenvalue weighted by Crippen LogP contribution is 2.11. The molecule has 0 aliphatic carbocycles. The van der Waals surface area contributed by atoms with Crippen molar-refractivity contribution in [3.63, 3.8) is 0 Å². The fourth-order valence-electron chi connectivity index (χ4n) is 1.42. The third-order valence-electron chi connectivity index (χ3n) is 2.25.